The van der Waals surface area contributed by atoms with Crippen LogP contribution in [0.3, 0.4) is 0 Å². The standard InChI is InChI=1S/C22H22N6O2/c1-3-13(2)25-22(30)18-19-21(27-17-10-5-4-9-16(17)26-19)28(20(18)23)24-12-14-7-6-8-15(29)11-14/h4-13,29H,3,23H2,1-2H3,(H,25,30)/b24-12-/t13-/m1/s1. The summed E-state index contributed by atoms with van der Waals surface area (Å²) >= 11 is 0. The van der Waals surface area contributed by atoms with Crippen LogP contribution in [0.1, 0.15) is 36.2 Å². The number of nitrogens with zero attached hydrogens (tertiary/aromatic N) is 4. The predicted molar refractivity (Wildman–Crippen MR) is 118 cm³/mol. The third kappa shape index (κ3) is 3.55. The molecule has 8 nitrogen and oxygen atoms in total. The van der Waals surface area contributed by atoms with Crippen LogP contribution >= 0.6 is 0 Å². The number of aromatic hydroxyl groups is 1. The minimum Gasteiger partial charge on any atom is -0.508 e. The van der Waals surface area contributed by atoms with Gasteiger partial charge in [0, 0.05) is 6.04 Å². The Hall–Kier alpha value is -3.94. The zero-order chi connectivity index (χ0) is 21.3. The zero-order valence-corrected chi connectivity index (χ0v) is 16.7. The SMILES string of the molecule is CC[C@@H](C)NC(=O)c1c(N)n(/N=C\c2cccc(O)c2)c2nc3ccccc3nc12. The summed E-state index contributed by atoms with van der Waals surface area (Å²) in [5, 5.41) is 17.0. The molecule has 152 valence electrons. The molecule has 0 aliphatic heterocycles. The van der Waals surface area contributed by atoms with Crippen LogP contribution < -0.4 is 11.1 Å². The molecule has 1 atom stereocenters. The largest absolute Gasteiger partial charge is 0.508 e. The van der Waals surface area contributed by atoms with Crippen molar-refractivity contribution in [2.45, 2.75) is 26.3 Å². The summed E-state index contributed by atoms with van der Waals surface area (Å²) in [5.74, 6) is -0.0380. The fourth-order valence-corrected chi connectivity index (χ4v) is 3.12. The lowest BCUT2D eigenvalue weighted by Crippen LogP contribution is -2.32. The molecule has 2 aromatic carbocycles. The molecule has 0 spiro atoms. The van der Waals surface area contributed by atoms with E-state index in [9.17, 15) is 9.90 Å². The number of nitrogens with two attached hydrogens (primary N) is 1. The predicted octanol–water partition coefficient (Wildman–Crippen LogP) is 3.28. The van der Waals surface area contributed by atoms with Gasteiger partial charge < -0.3 is 16.2 Å². The Kier molecular flexibility index (Phi) is 5.05. The number of carbonyl (C=O) groups excluding carboxylic acids is 1. The van der Waals surface area contributed by atoms with Crippen molar-refractivity contribution in [1.82, 2.24) is 20.0 Å². The Balaban J connectivity index is 1.91. The zero-order valence-electron chi connectivity index (χ0n) is 16.7. The molecular formula is C22H22N6O2. The maximum atomic E-state index is 13.0. The minimum absolute atomic E-state index is 0.0143. The molecule has 2 heterocycles. The average molecular weight is 402 g/mol. The van der Waals surface area contributed by atoms with Gasteiger partial charge in [-0.3, -0.25) is 4.79 Å². The van der Waals surface area contributed by atoms with Gasteiger partial charge in [-0.25, -0.2) is 9.97 Å². The highest BCUT2D eigenvalue weighted by Crippen LogP contribution is 2.28. The van der Waals surface area contributed by atoms with E-state index in [-0.39, 0.29) is 29.1 Å². The molecule has 4 N–H and O–H groups in total. The van der Waals surface area contributed by atoms with Crippen LogP contribution in [0.25, 0.3) is 22.2 Å². The second kappa shape index (κ2) is 7.82. The van der Waals surface area contributed by atoms with Gasteiger partial charge in [-0.2, -0.15) is 9.78 Å². The Morgan fingerprint density at radius 2 is 1.97 bits per heavy atom. The van der Waals surface area contributed by atoms with E-state index >= 15 is 0 Å². The highest BCUT2D eigenvalue weighted by molar-refractivity contribution is 6.10. The minimum atomic E-state index is -0.317. The topological polar surface area (TPSA) is 118 Å². The molecule has 4 rings (SSSR count). The summed E-state index contributed by atoms with van der Waals surface area (Å²) in [4.78, 5) is 22.3. The number of phenolic OH excluding ortho intramolecular Hbond substituents is 1. The Morgan fingerprint density at radius 1 is 1.23 bits per heavy atom. The number of para-hydroxylation sites is 2. The summed E-state index contributed by atoms with van der Waals surface area (Å²) in [6.45, 7) is 3.92. The molecule has 0 saturated carbocycles. The second-order valence-corrected chi connectivity index (χ2v) is 7.08. The molecule has 0 saturated heterocycles. The number of hydrogen-bond donors (Lipinski definition) is 3. The number of aromatic nitrogens is 3. The van der Waals surface area contributed by atoms with E-state index < -0.39 is 0 Å². The number of phenols is 1. The molecule has 2 aromatic heterocycles. The summed E-state index contributed by atoms with van der Waals surface area (Å²) in [6, 6.07) is 14.0. The third-order valence-electron chi connectivity index (χ3n) is 4.88. The second-order valence-electron chi connectivity index (χ2n) is 7.08. The third-order valence-corrected chi connectivity index (χ3v) is 4.88. The lowest BCUT2D eigenvalue weighted by atomic mass is 10.2. The van der Waals surface area contributed by atoms with Crippen molar-refractivity contribution in [3.63, 3.8) is 0 Å². The lowest BCUT2D eigenvalue weighted by molar-refractivity contribution is 0.0941. The summed E-state index contributed by atoms with van der Waals surface area (Å²) < 4.78 is 1.41. The molecule has 30 heavy (non-hydrogen) atoms. The van der Waals surface area contributed by atoms with Gasteiger partial charge in [0.1, 0.15) is 22.6 Å². The molecule has 4 aromatic rings. The monoisotopic (exact) mass is 402 g/mol. The van der Waals surface area contributed by atoms with Gasteiger partial charge in [-0.1, -0.05) is 31.2 Å². The molecule has 8 heteroatoms. The van der Waals surface area contributed by atoms with Gasteiger partial charge in [-0.15, -0.1) is 0 Å². The molecule has 0 aliphatic carbocycles. The normalized spacial score (nSPS) is 12.6. The van der Waals surface area contributed by atoms with E-state index in [4.69, 9.17) is 5.73 Å². The molecule has 0 radical (unpaired) electrons. The number of fused-ring (bicyclic) bond motifs is 2. The quantitative estimate of drug-likeness (QED) is 0.443. The maximum Gasteiger partial charge on any atom is 0.257 e. The van der Waals surface area contributed by atoms with E-state index in [1.54, 1.807) is 30.5 Å². The van der Waals surface area contributed by atoms with Crippen LogP contribution in [0.5, 0.6) is 5.75 Å². The highest BCUT2D eigenvalue weighted by atomic mass is 16.3. The first-order valence-corrected chi connectivity index (χ1v) is 9.69. The number of benzene rings is 2. The van der Waals surface area contributed by atoms with E-state index in [0.29, 0.717) is 27.8 Å². The lowest BCUT2D eigenvalue weighted by Gasteiger charge is -2.11. The van der Waals surface area contributed by atoms with Crippen LogP contribution in [0.4, 0.5) is 5.82 Å². The average Bonchev–Trinajstić information content (AvgIpc) is 3.00. The van der Waals surface area contributed by atoms with Crippen LogP contribution in [0.2, 0.25) is 0 Å². The molecule has 1 amide bonds. The van der Waals surface area contributed by atoms with Crippen LogP contribution in [0, 0.1) is 0 Å². The Morgan fingerprint density at radius 3 is 2.67 bits per heavy atom. The molecule has 0 unspecified atom stereocenters. The molecule has 0 aliphatic rings. The molecular weight excluding hydrogens is 380 g/mol. The van der Waals surface area contributed by atoms with Crippen LogP contribution in [-0.4, -0.2) is 37.9 Å². The van der Waals surface area contributed by atoms with Gasteiger partial charge in [0.2, 0.25) is 0 Å². The maximum absolute atomic E-state index is 13.0. The Bertz CT molecular complexity index is 1280. The fraction of sp³-hybridized carbons (Fsp3) is 0.182. The number of nitrogens with one attached hydrogen (secondary N) is 1. The van der Waals surface area contributed by atoms with Crippen molar-refractivity contribution in [3.8, 4) is 5.75 Å². The number of rotatable bonds is 5. The first kappa shape index (κ1) is 19.4. The fourth-order valence-electron chi connectivity index (χ4n) is 3.12. The summed E-state index contributed by atoms with van der Waals surface area (Å²) in [7, 11) is 0. The first-order valence-electron chi connectivity index (χ1n) is 9.69. The van der Waals surface area contributed by atoms with Crippen molar-refractivity contribution in [3.05, 3.63) is 59.7 Å². The van der Waals surface area contributed by atoms with Gasteiger partial charge >= 0.3 is 0 Å². The van der Waals surface area contributed by atoms with Crippen LogP contribution in [-0.2, 0) is 0 Å². The van der Waals surface area contributed by atoms with Crippen molar-refractivity contribution in [1.29, 1.82) is 0 Å². The van der Waals surface area contributed by atoms with Crippen LogP contribution in [0.15, 0.2) is 53.6 Å². The number of anilines is 1. The van der Waals surface area contributed by atoms with Crippen molar-refractivity contribution < 1.29 is 9.90 Å². The summed E-state index contributed by atoms with van der Waals surface area (Å²) in [6.07, 6.45) is 2.33. The molecule has 0 bridgehead atoms. The van der Waals surface area contributed by atoms with E-state index in [1.807, 2.05) is 38.1 Å². The van der Waals surface area contributed by atoms with E-state index in [0.717, 1.165) is 6.42 Å². The Labute approximate surface area is 173 Å². The van der Waals surface area contributed by atoms with Crippen molar-refractivity contribution in [2.24, 2.45) is 5.10 Å². The van der Waals surface area contributed by atoms with Gasteiger partial charge in [-0.05, 0) is 43.2 Å². The van der Waals surface area contributed by atoms with E-state index in [2.05, 4.69) is 20.4 Å². The van der Waals surface area contributed by atoms with Gasteiger partial charge in [0.15, 0.2) is 5.65 Å². The smallest absolute Gasteiger partial charge is 0.257 e. The van der Waals surface area contributed by atoms with Crippen molar-refractivity contribution in [2.75, 3.05) is 5.73 Å². The number of carbonyl (C=O) groups is 1. The molecule has 0 fully saturated rings. The van der Waals surface area contributed by atoms with Gasteiger partial charge in [0.25, 0.3) is 5.91 Å². The number of hydrogen-bond acceptors (Lipinski definition) is 6. The van der Waals surface area contributed by atoms with E-state index in [1.165, 1.54) is 4.68 Å². The number of nitrogen functional groups attached to an aromatic ring is 1. The first-order chi connectivity index (χ1) is 14.5. The van der Waals surface area contributed by atoms with Crippen molar-refractivity contribution >= 4 is 40.1 Å². The summed E-state index contributed by atoms with van der Waals surface area (Å²) in [5.41, 5.74) is 9.38. The van der Waals surface area contributed by atoms with Gasteiger partial charge in [0.05, 0.1) is 17.2 Å². The number of amides is 1. The highest BCUT2D eigenvalue weighted by Gasteiger charge is 2.24.